The highest BCUT2D eigenvalue weighted by molar-refractivity contribution is 6.30. The molecule has 0 spiro atoms. The lowest BCUT2D eigenvalue weighted by Crippen LogP contribution is -2.22. The van der Waals surface area contributed by atoms with Gasteiger partial charge in [0.15, 0.2) is 0 Å². The first-order chi connectivity index (χ1) is 6.56. The van der Waals surface area contributed by atoms with Gasteiger partial charge >= 0.3 is 5.97 Å². The van der Waals surface area contributed by atoms with E-state index >= 15 is 0 Å². The maximum atomic E-state index is 13.3. The lowest BCUT2D eigenvalue weighted by atomic mass is 10.0. The van der Waals surface area contributed by atoms with Gasteiger partial charge < -0.3 is 5.11 Å². The molecule has 1 aliphatic rings. The van der Waals surface area contributed by atoms with E-state index in [1.165, 1.54) is 6.20 Å². The van der Waals surface area contributed by atoms with Crippen LogP contribution in [0.3, 0.4) is 0 Å². The molecule has 0 unspecified atom stereocenters. The van der Waals surface area contributed by atoms with E-state index in [1.54, 1.807) is 0 Å². The Bertz CT molecular complexity index is 404. The molecule has 3 nitrogen and oxygen atoms in total. The summed E-state index contributed by atoms with van der Waals surface area (Å²) in [5, 5.41) is 9.08. The molecular formula is C9H7ClFNO2. The number of halogens is 2. The Morgan fingerprint density at radius 1 is 1.64 bits per heavy atom. The third-order valence-corrected chi connectivity index (χ3v) is 2.63. The Hall–Kier alpha value is -1.16. The third-order valence-electron chi connectivity index (χ3n) is 2.42. The first-order valence-electron chi connectivity index (χ1n) is 4.11. The molecule has 1 N–H and O–H groups in total. The maximum Gasteiger partial charge on any atom is 0.315 e. The SMILES string of the molecule is O=C(O)C1(c2ncc(Cl)cc2F)CC1. The van der Waals surface area contributed by atoms with E-state index in [2.05, 4.69) is 4.98 Å². The molecule has 0 atom stereocenters. The molecule has 0 aliphatic heterocycles. The van der Waals surface area contributed by atoms with Gasteiger partial charge in [0, 0.05) is 6.20 Å². The van der Waals surface area contributed by atoms with Crippen LogP contribution in [0.25, 0.3) is 0 Å². The van der Waals surface area contributed by atoms with Crippen molar-refractivity contribution in [2.75, 3.05) is 0 Å². The number of carboxylic acid groups (broad SMARTS) is 1. The number of pyridine rings is 1. The molecule has 0 amide bonds. The van der Waals surface area contributed by atoms with Crippen LogP contribution in [0, 0.1) is 5.82 Å². The molecule has 1 fully saturated rings. The first-order valence-corrected chi connectivity index (χ1v) is 4.49. The summed E-state index contributed by atoms with van der Waals surface area (Å²) < 4.78 is 13.3. The van der Waals surface area contributed by atoms with Gasteiger partial charge in [0.05, 0.1) is 10.7 Å². The number of rotatable bonds is 2. The summed E-state index contributed by atoms with van der Waals surface area (Å²) in [6, 6.07) is 1.09. The van der Waals surface area contributed by atoms with Crippen molar-refractivity contribution in [3.63, 3.8) is 0 Å². The van der Waals surface area contributed by atoms with E-state index in [4.69, 9.17) is 16.7 Å². The van der Waals surface area contributed by atoms with Crippen molar-refractivity contribution < 1.29 is 14.3 Å². The topological polar surface area (TPSA) is 50.2 Å². The highest BCUT2D eigenvalue weighted by Crippen LogP contribution is 2.48. The van der Waals surface area contributed by atoms with E-state index in [-0.39, 0.29) is 10.7 Å². The number of carbonyl (C=O) groups is 1. The molecule has 1 aromatic rings. The standard InChI is InChI=1S/C9H7ClFNO2/c10-5-3-6(11)7(12-4-5)9(1-2-9)8(13)14/h3-4H,1-2H2,(H,13,14). The van der Waals surface area contributed by atoms with Crippen molar-refractivity contribution in [3.8, 4) is 0 Å². The molecule has 74 valence electrons. The average Bonchev–Trinajstić information content (AvgIpc) is 2.84. The first kappa shape index (κ1) is 9.40. The molecule has 5 heteroatoms. The number of aromatic nitrogens is 1. The van der Waals surface area contributed by atoms with Crippen molar-refractivity contribution in [1.82, 2.24) is 4.98 Å². The molecule has 2 rings (SSSR count). The molecule has 0 radical (unpaired) electrons. The van der Waals surface area contributed by atoms with Crippen molar-refractivity contribution in [1.29, 1.82) is 0 Å². The highest BCUT2D eigenvalue weighted by Gasteiger charge is 2.54. The summed E-state index contributed by atoms with van der Waals surface area (Å²) in [6.07, 6.45) is 2.14. The second-order valence-corrected chi connectivity index (χ2v) is 3.81. The second-order valence-electron chi connectivity index (χ2n) is 3.37. The highest BCUT2D eigenvalue weighted by atomic mass is 35.5. The van der Waals surface area contributed by atoms with E-state index in [9.17, 15) is 9.18 Å². The fraction of sp³-hybridized carbons (Fsp3) is 0.333. The molecule has 1 aliphatic carbocycles. The van der Waals surface area contributed by atoms with E-state index < -0.39 is 17.2 Å². The van der Waals surface area contributed by atoms with Crippen LogP contribution in [0.2, 0.25) is 5.02 Å². The van der Waals surface area contributed by atoms with Gasteiger partial charge in [-0.2, -0.15) is 0 Å². The Kier molecular flexibility index (Phi) is 1.96. The zero-order valence-electron chi connectivity index (χ0n) is 7.13. The third kappa shape index (κ3) is 1.26. The smallest absolute Gasteiger partial charge is 0.315 e. The summed E-state index contributed by atoms with van der Waals surface area (Å²) in [5.74, 6) is -1.66. The molecule has 0 saturated heterocycles. The number of nitrogens with zero attached hydrogens (tertiary/aromatic N) is 1. The van der Waals surface area contributed by atoms with Gasteiger partial charge in [-0.3, -0.25) is 9.78 Å². The minimum atomic E-state index is -1.10. The van der Waals surface area contributed by atoms with Crippen molar-refractivity contribution >= 4 is 17.6 Å². The number of hydrogen-bond acceptors (Lipinski definition) is 2. The number of carboxylic acids is 1. The van der Waals surface area contributed by atoms with Crippen molar-refractivity contribution in [2.24, 2.45) is 0 Å². The van der Waals surface area contributed by atoms with Gasteiger partial charge in [0.1, 0.15) is 11.2 Å². The lowest BCUT2D eigenvalue weighted by Gasteiger charge is -2.09. The van der Waals surface area contributed by atoms with Crippen LogP contribution in [-0.4, -0.2) is 16.1 Å². The van der Waals surface area contributed by atoms with Crippen LogP contribution in [0.5, 0.6) is 0 Å². The zero-order valence-corrected chi connectivity index (χ0v) is 7.88. The lowest BCUT2D eigenvalue weighted by molar-refractivity contribution is -0.140. The van der Waals surface area contributed by atoms with E-state index in [0.29, 0.717) is 12.8 Å². The van der Waals surface area contributed by atoms with Gasteiger partial charge in [-0.1, -0.05) is 11.6 Å². The molecule has 0 bridgehead atoms. The Morgan fingerprint density at radius 3 is 2.71 bits per heavy atom. The van der Waals surface area contributed by atoms with Gasteiger partial charge in [0.25, 0.3) is 0 Å². The van der Waals surface area contributed by atoms with Crippen LogP contribution in [0.15, 0.2) is 12.3 Å². The van der Waals surface area contributed by atoms with E-state index in [0.717, 1.165) is 6.07 Å². The fourth-order valence-corrected chi connectivity index (χ4v) is 1.59. The molecular weight excluding hydrogens is 209 g/mol. The quantitative estimate of drug-likeness (QED) is 0.821. The molecule has 1 saturated carbocycles. The summed E-state index contributed by atoms with van der Waals surface area (Å²) in [5.41, 5.74) is -1.11. The van der Waals surface area contributed by atoms with Gasteiger partial charge in [-0.05, 0) is 18.9 Å². The van der Waals surface area contributed by atoms with Gasteiger partial charge in [-0.25, -0.2) is 4.39 Å². The Labute approximate surface area is 84.5 Å². The van der Waals surface area contributed by atoms with Crippen LogP contribution in [0.4, 0.5) is 4.39 Å². The normalized spacial score (nSPS) is 17.9. The largest absolute Gasteiger partial charge is 0.481 e. The minimum Gasteiger partial charge on any atom is -0.481 e. The second kappa shape index (κ2) is 2.92. The predicted molar refractivity (Wildman–Crippen MR) is 47.8 cm³/mol. The van der Waals surface area contributed by atoms with Crippen LogP contribution in [-0.2, 0) is 10.2 Å². The van der Waals surface area contributed by atoms with Crippen molar-refractivity contribution in [2.45, 2.75) is 18.3 Å². The molecule has 1 heterocycles. The molecule has 0 aromatic carbocycles. The van der Waals surface area contributed by atoms with Crippen molar-refractivity contribution in [3.05, 3.63) is 28.8 Å². The fourth-order valence-electron chi connectivity index (χ4n) is 1.44. The minimum absolute atomic E-state index is 0.00519. The average molecular weight is 216 g/mol. The molecule has 14 heavy (non-hydrogen) atoms. The Morgan fingerprint density at radius 2 is 2.29 bits per heavy atom. The summed E-state index contributed by atoms with van der Waals surface area (Å²) in [6.45, 7) is 0. The summed E-state index contributed by atoms with van der Waals surface area (Å²) >= 11 is 5.52. The predicted octanol–water partition coefficient (Wildman–Crippen LogP) is 1.99. The van der Waals surface area contributed by atoms with Gasteiger partial charge in [-0.15, -0.1) is 0 Å². The van der Waals surface area contributed by atoms with E-state index in [1.807, 2.05) is 0 Å². The number of hydrogen-bond donors (Lipinski definition) is 1. The maximum absolute atomic E-state index is 13.3. The summed E-state index contributed by atoms with van der Waals surface area (Å²) in [7, 11) is 0. The molecule has 1 aromatic heterocycles. The van der Waals surface area contributed by atoms with Crippen LogP contribution in [0.1, 0.15) is 18.5 Å². The summed E-state index contributed by atoms with van der Waals surface area (Å²) in [4.78, 5) is 14.6. The zero-order chi connectivity index (χ0) is 10.3. The Balaban J connectivity index is 2.47. The van der Waals surface area contributed by atoms with Crippen LogP contribution >= 0.6 is 11.6 Å². The monoisotopic (exact) mass is 215 g/mol. The van der Waals surface area contributed by atoms with Gasteiger partial charge in [0.2, 0.25) is 0 Å². The number of aliphatic carboxylic acids is 1. The van der Waals surface area contributed by atoms with Crippen LogP contribution < -0.4 is 0 Å².